The first-order valence-corrected chi connectivity index (χ1v) is 11.3. The second-order valence-corrected chi connectivity index (χ2v) is 9.24. The maximum absolute atomic E-state index is 12.4. The molecular formula is C22H31F3N6O2. The lowest BCUT2D eigenvalue weighted by Gasteiger charge is -2.47. The minimum absolute atomic E-state index is 0.0754. The number of anilines is 1. The molecule has 1 aliphatic carbocycles. The third-order valence-corrected chi connectivity index (χ3v) is 6.68. The second kappa shape index (κ2) is 9.47. The Balaban J connectivity index is 1.52. The zero-order chi connectivity index (χ0) is 23.8. The quantitative estimate of drug-likeness (QED) is 0.604. The number of aromatic nitrogens is 2. The van der Waals surface area contributed by atoms with E-state index in [0.717, 1.165) is 42.4 Å². The summed E-state index contributed by atoms with van der Waals surface area (Å²) >= 11 is 0. The number of nitrogens with zero attached hydrogens (tertiary/aromatic N) is 4. The average molecular weight is 469 g/mol. The summed E-state index contributed by atoms with van der Waals surface area (Å²) in [5, 5.41) is 14.5. The Labute approximate surface area is 190 Å². The van der Waals surface area contributed by atoms with Gasteiger partial charge in [-0.1, -0.05) is 0 Å². The van der Waals surface area contributed by atoms with Crippen LogP contribution in [0.5, 0.6) is 0 Å². The van der Waals surface area contributed by atoms with E-state index in [0.29, 0.717) is 18.8 Å². The lowest BCUT2D eigenvalue weighted by molar-refractivity contribution is -0.133. The number of pyridine rings is 1. The van der Waals surface area contributed by atoms with Crippen LogP contribution in [-0.2, 0) is 4.79 Å². The molecule has 33 heavy (non-hydrogen) atoms. The molecule has 4 rings (SSSR count). The van der Waals surface area contributed by atoms with Crippen LogP contribution in [0.3, 0.4) is 0 Å². The summed E-state index contributed by atoms with van der Waals surface area (Å²) in [6.07, 6.45) is 1.63. The van der Waals surface area contributed by atoms with E-state index in [1.54, 1.807) is 25.2 Å². The summed E-state index contributed by atoms with van der Waals surface area (Å²) in [4.78, 5) is 25.4. The highest BCUT2D eigenvalue weighted by molar-refractivity contribution is 5.92. The number of fused-ring (bicyclic) bond motifs is 3. The van der Waals surface area contributed by atoms with Crippen LogP contribution in [0.15, 0.2) is 18.5 Å². The highest BCUT2D eigenvalue weighted by atomic mass is 19.4. The molecule has 1 fully saturated rings. The summed E-state index contributed by atoms with van der Waals surface area (Å²) in [5.41, 5.74) is 2.31. The number of aliphatic hydroxyl groups is 1. The Bertz CT molecular complexity index is 971. The van der Waals surface area contributed by atoms with Crippen LogP contribution in [0, 0.1) is 5.92 Å². The number of carbonyl (C=O) groups is 1. The van der Waals surface area contributed by atoms with Gasteiger partial charge in [-0.15, -0.1) is 0 Å². The van der Waals surface area contributed by atoms with E-state index < -0.39 is 18.9 Å². The van der Waals surface area contributed by atoms with Crippen LogP contribution in [0.2, 0.25) is 0 Å². The zero-order valence-corrected chi connectivity index (χ0v) is 18.9. The first-order valence-electron chi connectivity index (χ1n) is 11.3. The van der Waals surface area contributed by atoms with E-state index in [1.165, 1.54) is 4.90 Å². The fraction of sp³-hybridized carbons (Fsp3) is 0.636. The summed E-state index contributed by atoms with van der Waals surface area (Å²) in [5.74, 6) is 0.0992. The van der Waals surface area contributed by atoms with Crippen LogP contribution in [0.1, 0.15) is 37.5 Å². The number of aliphatic hydroxyl groups excluding tert-OH is 1. The van der Waals surface area contributed by atoms with Crippen molar-refractivity contribution in [2.24, 2.45) is 5.92 Å². The van der Waals surface area contributed by atoms with Gasteiger partial charge in [-0.2, -0.15) is 13.2 Å². The van der Waals surface area contributed by atoms with E-state index in [4.69, 9.17) is 0 Å². The Morgan fingerprint density at radius 1 is 1.30 bits per heavy atom. The van der Waals surface area contributed by atoms with Gasteiger partial charge >= 0.3 is 6.18 Å². The van der Waals surface area contributed by atoms with Gasteiger partial charge in [0.1, 0.15) is 11.9 Å². The van der Waals surface area contributed by atoms with Crippen molar-refractivity contribution < 1.29 is 23.1 Å². The minimum Gasteiger partial charge on any atom is -0.374 e. The summed E-state index contributed by atoms with van der Waals surface area (Å²) in [7, 11) is 3.37. The van der Waals surface area contributed by atoms with E-state index >= 15 is 0 Å². The first kappa shape index (κ1) is 23.8. The van der Waals surface area contributed by atoms with Crippen LogP contribution >= 0.6 is 0 Å². The maximum Gasteiger partial charge on any atom is 0.401 e. The lowest BCUT2D eigenvalue weighted by atomic mass is 9.84. The largest absolute Gasteiger partial charge is 0.401 e. The number of likely N-dealkylation sites (N-methyl/N-ethyl adjacent to an activating group) is 1. The molecule has 0 bridgehead atoms. The fourth-order valence-corrected chi connectivity index (χ4v) is 4.89. The van der Waals surface area contributed by atoms with Crippen molar-refractivity contribution in [1.82, 2.24) is 25.1 Å². The lowest BCUT2D eigenvalue weighted by Crippen LogP contribution is -2.53. The fourth-order valence-electron chi connectivity index (χ4n) is 4.89. The normalized spacial score (nSPS) is 24.2. The van der Waals surface area contributed by atoms with Crippen LogP contribution in [0.25, 0.3) is 11.0 Å². The van der Waals surface area contributed by atoms with Gasteiger partial charge in [-0.25, -0.2) is 9.88 Å². The summed E-state index contributed by atoms with van der Waals surface area (Å²) in [6.45, 7) is -0.139. The van der Waals surface area contributed by atoms with Crippen molar-refractivity contribution in [2.75, 3.05) is 45.3 Å². The molecule has 3 N–H and O–H groups in total. The molecule has 0 spiro atoms. The zero-order valence-electron chi connectivity index (χ0n) is 18.9. The molecule has 2 aromatic rings. The van der Waals surface area contributed by atoms with Crippen molar-refractivity contribution >= 4 is 22.6 Å². The van der Waals surface area contributed by atoms with E-state index in [2.05, 4.69) is 20.2 Å². The molecule has 11 heteroatoms. The molecule has 182 valence electrons. The number of alkyl halides is 3. The highest BCUT2D eigenvalue weighted by Crippen LogP contribution is 2.42. The number of H-pyrrole nitrogens is 1. The standard InChI is InChI=1S/C22H31F3N6O2/c1-29(2)18(32)11-30-13-31(15-5-3-14(4-6-15)9-26-12-22(23,24)25)19-16-7-8-27-20(16)28-10-17(19)21(30)33/h7-8,10,14-15,21,26,33H,3-6,9,11-13H2,1-2H3,(H,27,28)/t14-,15-,21?. The Hall–Kier alpha value is -2.37. The minimum atomic E-state index is -4.20. The molecule has 0 saturated heterocycles. The van der Waals surface area contributed by atoms with E-state index in [1.807, 2.05) is 12.3 Å². The number of carbonyl (C=O) groups excluding carboxylic acids is 1. The Kier molecular flexibility index (Phi) is 6.83. The van der Waals surface area contributed by atoms with Gasteiger partial charge in [0.25, 0.3) is 0 Å². The average Bonchev–Trinajstić information content (AvgIpc) is 3.24. The van der Waals surface area contributed by atoms with Crippen LogP contribution in [0.4, 0.5) is 18.9 Å². The number of aromatic amines is 1. The number of rotatable bonds is 6. The van der Waals surface area contributed by atoms with Gasteiger partial charge in [0.05, 0.1) is 25.4 Å². The number of hydrogen-bond acceptors (Lipinski definition) is 6. The number of amides is 1. The molecule has 1 saturated carbocycles. The molecule has 1 unspecified atom stereocenters. The highest BCUT2D eigenvalue weighted by Gasteiger charge is 2.38. The van der Waals surface area contributed by atoms with Gasteiger partial charge < -0.3 is 25.2 Å². The van der Waals surface area contributed by atoms with Gasteiger partial charge in [0, 0.05) is 43.5 Å². The molecule has 1 amide bonds. The van der Waals surface area contributed by atoms with E-state index in [-0.39, 0.29) is 24.4 Å². The van der Waals surface area contributed by atoms with Crippen molar-refractivity contribution in [3.8, 4) is 0 Å². The number of nitrogens with one attached hydrogen (secondary N) is 2. The smallest absolute Gasteiger partial charge is 0.374 e. The molecule has 0 aromatic carbocycles. The van der Waals surface area contributed by atoms with Gasteiger partial charge in [-0.05, 0) is 44.2 Å². The number of halogens is 3. The van der Waals surface area contributed by atoms with Gasteiger partial charge in [0.15, 0.2) is 0 Å². The van der Waals surface area contributed by atoms with Crippen LogP contribution < -0.4 is 10.2 Å². The monoisotopic (exact) mass is 468 g/mol. The Morgan fingerprint density at radius 3 is 2.70 bits per heavy atom. The van der Waals surface area contributed by atoms with Gasteiger partial charge in [0.2, 0.25) is 5.91 Å². The predicted octanol–water partition coefficient (Wildman–Crippen LogP) is 2.43. The molecule has 2 aliphatic rings. The molecular weight excluding hydrogens is 437 g/mol. The Morgan fingerprint density at radius 2 is 2.03 bits per heavy atom. The summed E-state index contributed by atoms with van der Waals surface area (Å²) < 4.78 is 37.3. The van der Waals surface area contributed by atoms with E-state index in [9.17, 15) is 23.1 Å². The maximum atomic E-state index is 12.4. The van der Waals surface area contributed by atoms with Crippen molar-refractivity contribution in [2.45, 2.75) is 44.1 Å². The van der Waals surface area contributed by atoms with Crippen molar-refractivity contribution in [3.63, 3.8) is 0 Å². The topological polar surface area (TPSA) is 87.7 Å². The van der Waals surface area contributed by atoms with Crippen LogP contribution in [-0.4, -0.2) is 83.4 Å². The third-order valence-electron chi connectivity index (χ3n) is 6.68. The van der Waals surface area contributed by atoms with Gasteiger partial charge in [-0.3, -0.25) is 4.79 Å². The molecule has 1 atom stereocenters. The summed E-state index contributed by atoms with van der Waals surface area (Å²) in [6, 6.07) is 2.10. The molecule has 2 aromatic heterocycles. The molecule has 3 heterocycles. The van der Waals surface area contributed by atoms with Crippen molar-refractivity contribution in [1.29, 1.82) is 0 Å². The SMILES string of the molecule is CN(C)C(=O)CN1CN([C@H]2CC[C@H](CNCC(F)(F)F)CC2)c2c(cnc3[nH]ccc23)C1O. The number of hydrogen-bond donors (Lipinski definition) is 3. The molecule has 0 radical (unpaired) electrons. The molecule has 1 aliphatic heterocycles. The van der Waals surface area contributed by atoms with Crippen molar-refractivity contribution in [3.05, 3.63) is 24.0 Å². The third kappa shape index (κ3) is 5.25. The predicted molar refractivity (Wildman–Crippen MR) is 118 cm³/mol. The first-order chi connectivity index (χ1) is 15.6. The molecule has 8 nitrogen and oxygen atoms in total. The second-order valence-electron chi connectivity index (χ2n) is 9.24.